The fourth-order valence-electron chi connectivity index (χ4n) is 5.55. The first-order valence-electron chi connectivity index (χ1n) is 14.5. The van der Waals surface area contributed by atoms with Gasteiger partial charge in [-0.05, 0) is 42.2 Å². The minimum absolute atomic E-state index is 0.0168. The highest BCUT2D eigenvalue weighted by Crippen LogP contribution is 2.41. The van der Waals surface area contributed by atoms with Crippen LogP contribution in [-0.4, -0.2) is 57.7 Å². The summed E-state index contributed by atoms with van der Waals surface area (Å²) in [5.41, 5.74) is 2.09. The smallest absolute Gasteiger partial charge is 0.342 e. The lowest BCUT2D eigenvalue weighted by Crippen LogP contribution is -2.33. The number of methoxy groups -OCH3 is 2. The Hall–Kier alpha value is -3.17. The van der Waals surface area contributed by atoms with Crippen LogP contribution in [0.15, 0.2) is 60.7 Å². The van der Waals surface area contributed by atoms with Gasteiger partial charge in [0.25, 0.3) is 0 Å². The summed E-state index contributed by atoms with van der Waals surface area (Å²) < 4.78 is 41.2. The van der Waals surface area contributed by atoms with Crippen molar-refractivity contribution < 1.29 is 38.0 Å². The summed E-state index contributed by atoms with van der Waals surface area (Å²) in [6.45, 7) is 0.907. The molecule has 3 aliphatic rings. The van der Waals surface area contributed by atoms with Gasteiger partial charge >= 0.3 is 5.97 Å². The monoisotopic (exact) mass is 564 g/mol. The number of benzene rings is 2. The van der Waals surface area contributed by atoms with E-state index in [1.165, 1.54) is 6.42 Å². The second kappa shape index (κ2) is 14.1. The number of carbonyl (C=O) groups is 1. The molecule has 0 radical (unpaired) electrons. The molecule has 0 aromatic heterocycles. The van der Waals surface area contributed by atoms with E-state index in [0.717, 1.165) is 37.0 Å². The predicted molar refractivity (Wildman–Crippen MR) is 154 cm³/mol. The third kappa shape index (κ3) is 7.57. The lowest BCUT2D eigenvalue weighted by atomic mass is 9.94. The number of esters is 1. The van der Waals surface area contributed by atoms with Crippen molar-refractivity contribution in [3.8, 4) is 11.5 Å². The molecule has 3 atom stereocenters. The van der Waals surface area contributed by atoms with Crippen LogP contribution in [0.4, 0.5) is 0 Å². The van der Waals surface area contributed by atoms with Crippen molar-refractivity contribution in [1.29, 1.82) is 0 Å². The summed E-state index contributed by atoms with van der Waals surface area (Å²) in [5.74, 6) is 0.215. The molecule has 0 N–H and O–H groups in total. The number of cyclic esters (lactones) is 1. The zero-order chi connectivity index (χ0) is 28.5. The number of ether oxygens (including phenoxy) is 7. The maximum atomic E-state index is 13.6. The average molecular weight is 565 g/mol. The highest BCUT2D eigenvalue weighted by Gasteiger charge is 2.46. The first-order valence-corrected chi connectivity index (χ1v) is 14.5. The average Bonchev–Trinajstić information content (AvgIpc) is 3.32. The van der Waals surface area contributed by atoms with Crippen LogP contribution in [0.5, 0.6) is 11.5 Å². The van der Waals surface area contributed by atoms with Crippen molar-refractivity contribution in [3.05, 3.63) is 77.4 Å². The van der Waals surface area contributed by atoms with Crippen LogP contribution in [-0.2, 0) is 30.3 Å². The number of fused-ring (bicyclic) bond motifs is 2. The summed E-state index contributed by atoms with van der Waals surface area (Å²) in [5, 5.41) is 0. The van der Waals surface area contributed by atoms with Gasteiger partial charge in [0.15, 0.2) is 12.6 Å². The van der Waals surface area contributed by atoms with Gasteiger partial charge in [0.05, 0.1) is 20.3 Å². The normalized spacial score (nSPS) is 25.2. The molecule has 1 aliphatic carbocycles. The van der Waals surface area contributed by atoms with Crippen LogP contribution in [0.2, 0.25) is 0 Å². The van der Waals surface area contributed by atoms with Crippen LogP contribution in [0.3, 0.4) is 0 Å². The Morgan fingerprint density at radius 3 is 2.49 bits per heavy atom. The van der Waals surface area contributed by atoms with Gasteiger partial charge < -0.3 is 33.2 Å². The Bertz CT molecular complexity index is 1200. The Kier molecular flexibility index (Phi) is 10.1. The van der Waals surface area contributed by atoms with Gasteiger partial charge in [-0.2, -0.15) is 0 Å². The molecule has 2 aromatic rings. The SMILES string of the molecule is COCOc1cccc2c1C(=O)O[C@@H](CCOCc1ccc(OC)cc1)C/C=C/[C@@H]1OC3(CCCCC3)O[C@H]1/C=C/2. The lowest BCUT2D eigenvalue weighted by molar-refractivity contribution is -0.187. The fraction of sp³-hybridized carbons (Fsp3) is 0.485. The van der Waals surface area contributed by atoms with Crippen molar-refractivity contribution in [1.82, 2.24) is 0 Å². The molecule has 1 spiro atoms. The zero-order valence-corrected chi connectivity index (χ0v) is 23.9. The molecule has 2 aliphatic heterocycles. The molecule has 0 bridgehead atoms. The Morgan fingerprint density at radius 2 is 1.73 bits per heavy atom. The minimum atomic E-state index is -0.546. The highest BCUT2D eigenvalue weighted by atomic mass is 16.8. The van der Waals surface area contributed by atoms with Crippen LogP contribution in [0.25, 0.3) is 6.08 Å². The molecule has 1 saturated carbocycles. The molecular formula is C33H40O8. The van der Waals surface area contributed by atoms with Crippen LogP contribution in [0, 0.1) is 0 Å². The topological polar surface area (TPSA) is 81.7 Å². The molecule has 1 saturated heterocycles. The van der Waals surface area contributed by atoms with Crippen molar-refractivity contribution in [2.24, 2.45) is 0 Å². The van der Waals surface area contributed by atoms with Gasteiger partial charge in [0.1, 0.15) is 35.4 Å². The number of hydrogen-bond acceptors (Lipinski definition) is 8. The quantitative estimate of drug-likeness (QED) is 0.154. The largest absolute Gasteiger partial charge is 0.497 e. The van der Waals surface area contributed by atoms with Crippen molar-refractivity contribution >= 4 is 12.0 Å². The van der Waals surface area contributed by atoms with E-state index in [9.17, 15) is 4.79 Å². The van der Waals surface area contributed by atoms with Crippen LogP contribution in [0.1, 0.15) is 66.4 Å². The van der Waals surface area contributed by atoms with Crippen molar-refractivity contribution in [2.75, 3.05) is 27.6 Å². The maximum Gasteiger partial charge on any atom is 0.342 e. The summed E-state index contributed by atoms with van der Waals surface area (Å²) in [6, 6.07) is 13.2. The van der Waals surface area contributed by atoms with Gasteiger partial charge in [0.2, 0.25) is 0 Å². The van der Waals surface area contributed by atoms with Crippen molar-refractivity contribution in [2.45, 2.75) is 75.7 Å². The Morgan fingerprint density at radius 1 is 0.951 bits per heavy atom. The van der Waals surface area contributed by atoms with E-state index in [-0.39, 0.29) is 19.0 Å². The van der Waals surface area contributed by atoms with E-state index in [1.807, 2.05) is 54.6 Å². The molecule has 8 nitrogen and oxygen atoms in total. The number of hydrogen-bond donors (Lipinski definition) is 0. The minimum Gasteiger partial charge on any atom is -0.497 e. The molecule has 5 rings (SSSR count). The number of carbonyl (C=O) groups excluding carboxylic acids is 1. The molecule has 220 valence electrons. The molecule has 41 heavy (non-hydrogen) atoms. The summed E-state index contributed by atoms with van der Waals surface area (Å²) in [7, 11) is 3.19. The van der Waals surface area contributed by atoms with E-state index >= 15 is 0 Å². The Balaban J connectivity index is 1.35. The summed E-state index contributed by atoms with van der Waals surface area (Å²) >= 11 is 0. The van der Waals surface area contributed by atoms with E-state index in [2.05, 4.69) is 6.08 Å². The Labute approximate surface area is 242 Å². The standard InChI is InChI=1S/C33H40O8/c1-35-23-38-30-11-6-8-25-14-17-29-28(40-33(41-29)19-4-3-5-20-33)10-7-9-27(39-32(34)31(25)30)18-21-37-22-24-12-15-26(36-2)16-13-24/h6-8,10-17,27-29H,3-5,9,18-23H2,1-2H3/b10-7+,17-14+/t27-,28+,29+/m1/s1. The van der Waals surface area contributed by atoms with Gasteiger partial charge in [-0.15, -0.1) is 0 Å². The first kappa shape index (κ1) is 29.3. The van der Waals surface area contributed by atoms with Gasteiger partial charge in [0, 0.05) is 32.8 Å². The van der Waals surface area contributed by atoms with E-state index in [1.54, 1.807) is 20.3 Å². The van der Waals surface area contributed by atoms with E-state index in [4.69, 9.17) is 33.2 Å². The van der Waals surface area contributed by atoms with E-state index in [0.29, 0.717) is 42.9 Å². The zero-order valence-electron chi connectivity index (χ0n) is 23.9. The van der Waals surface area contributed by atoms with Crippen molar-refractivity contribution in [3.63, 3.8) is 0 Å². The van der Waals surface area contributed by atoms with Gasteiger partial charge in [-0.1, -0.05) is 55.0 Å². The second-order valence-corrected chi connectivity index (χ2v) is 10.6. The first-order chi connectivity index (χ1) is 20.1. The van der Waals surface area contributed by atoms with E-state index < -0.39 is 17.9 Å². The third-order valence-electron chi connectivity index (χ3n) is 7.71. The molecule has 2 aromatic carbocycles. The van der Waals surface area contributed by atoms with Gasteiger partial charge in [-0.25, -0.2) is 4.79 Å². The van der Waals surface area contributed by atoms with Crippen LogP contribution >= 0.6 is 0 Å². The number of rotatable bonds is 9. The highest BCUT2D eigenvalue weighted by molar-refractivity contribution is 5.96. The molecule has 2 fully saturated rings. The molecule has 0 amide bonds. The second-order valence-electron chi connectivity index (χ2n) is 10.6. The van der Waals surface area contributed by atoms with Gasteiger partial charge in [-0.3, -0.25) is 0 Å². The summed E-state index contributed by atoms with van der Waals surface area (Å²) in [6.07, 6.45) is 13.3. The third-order valence-corrected chi connectivity index (χ3v) is 7.71. The lowest BCUT2D eigenvalue weighted by Gasteiger charge is -2.31. The fourth-order valence-corrected chi connectivity index (χ4v) is 5.55. The molecule has 8 heteroatoms. The molecule has 0 unspecified atom stereocenters. The molecule has 2 heterocycles. The maximum absolute atomic E-state index is 13.6. The molecular weight excluding hydrogens is 524 g/mol. The van der Waals surface area contributed by atoms with Crippen LogP contribution < -0.4 is 9.47 Å². The predicted octanol–water partition coefficient (Wildman–Crippen LogP) is 6.23. The summed E-state index contributed by atoms with van der Waals surface area (Å²) in [4.78, 5) is 13.6.